The molecule has 0 aromatic heterocycles. The zero-order chi connectivity index (χ0) is 26.5. The van der Waals surface area contributed by atoms with Crippen molar-refractivity contribution in [2.75, 3.05) is 13.2 Å². The van der Waals surface area contributed by atoms with Gasteiger partial charge in [-0.3, -0.25) is 0 Å². The molecular weight excluding hydrogens is 452 g/mol. The Morgan fingerprint density at radius 1 is 0.324 bits per heavy atom. The molecule has 1 aromatic rings. The summed E-state index contributed by atoms with van der Waals surface area (Å²) in [6.45, 7) is 6.23. The summed E-state index contributed by atoms with van der Waals surface area (Å²) >= 11 is 0. The SMILES string of the molecule is CCCCCCCCCCCCCCCCCCCOc1ccc(OCCCCCCCCCC)cc1. The van der Waals surface area contributed by atoms with Gasteiger partial charge in [0.15, 0.2) is 0 Å². The van der Waals surface area contributed by atoms with E-state index in [0.717, 1.165) is 37.6 Å². The third-order valence-corrected chi connectivity index (χ3v) is 7.61. The Kier molecular flexibility index (Phi) is 25.5. The van der Waals surface area contributed by atoms with Crippen molar-refractivity contribution in [3.8, 4) is 11.5 Å². The molecule has 0 aliphatic rings. The summed E-state index contributed by atoms with van der Waals surface area (Å²) in [6.07, 6.45) is 34.6. The van der Waals surface area contributed by atoms with Crippen molar-refractivity contribution in [2.24, 2.45) is 0 Å². The molecule has 0 aliphatic carbocycles. The van der Waals surface area contributed by atoms with Crippen molar-refractivity contribution < 1.29 is 9.47 Å². The number of benzene rings is 1. The molecule has 0 aliphatic heterocycles. The van der Waals surface area contributed by atoms with Gasteiger partial charge in [-0.2, -0.15) is 0 Å². The van der Waals surface area contributed by atoms with Crippen molar-refractivity contribution in [2.45, 2.75) is 174 Å². The monoisotopic (exact) mass is 516 g/mol. The van der Waals surface area contributed by atoms with E-state index in [1.165, 1.54) is 148 Å². The van der Waals surface area contributed by atoms with Crippen LogP contribution in [0.4, 0.5) is 0 Å². The second-order valence-electron chi connectivity index (χ2n) is 11.3. The minimum absolute atomic E-state index is 0.828. The van der Waals surface area contributed by atoms with Gasteiger partial charge in [-0.1, -0.05) is 162 Å². The van der Waals surface area contributed by atoms with Crippen LogP contribution in [0.2, 0.25) is 0 Å². The highest BCUT2D eigenvalue weighted by molar-refractivity contribution is 5.31. The molecule has 2 heteroatoms. The van der Waals surface area contributed by atoms with E-state index in [4.69, 9.17) is 9.47 Å². The second-order valence-corrected chi connectivity index (χ2v) is 11.3. The highest BCUT2D eigenvalue weighted by Crippen LogP contribution is 2.19. The lowest BCUT2D eigenvalue weighted by molar-refractivity contribution is 0.296. The predicted octanol–water partition coefficient (Wildman–Crippen LogP) is 12.2. The van der Waals surface area contributed by atoms with Gasteiger partial charge in [-0.15, -0.1) is 0 Å². The fraction of sp³-hybridized carbons (Fsp3) is 0.829. The molecule has 216 valence electrons. The maximum absolute atomic E-state index is 5.93. The molecule has 0 atom stereocenters. The average molecular weight is 517 g/mol. The predicted molar refractivity (Wildman–Crippen MR) is 164 cm³/mol. The van der Waals surface area contributed by atoms with Gasteiger partial charge in [0.1, 0.15) is 11.5 Å². The van der Waals surface area contributed by atoms with Crippen LogP contribution in [0, 0.1) is 0 Å². The van der Waals surface area contributed by atoms with E-state index in [0.29, 0.717) is 0 Å². The standard InChI is InChI=1S/C35H64O2/c1-3-5-7-9-11-13-14-15-16-17-18-19-20-21-23-25-27-33-37-35-30-28-34(29-31-35)36-32-26-24-22-12-10-8-6-4-2/h28-31H,3-27,32-33H2,1-2H3. The fourth-order valence-electron chi connectivity index (χ4n) is 5.08. The van der Waals surface area contributed by atoms with E-state index in [9.17, 15) is 0 Å². The summed E-state index contributed by atoms with van der Waals surface area (Å²) in [4.78, 5) is 0. The van der Waals surface area contributed by atoms with Gasteiger partial charge in [0.2, 0.25) is 0 Å². The summed E-state index contributed by atoms with van der Waals surface area (Å²) in [7, 11) is 0. The first-order chi connectivity index (χ1) is 18.4. The maximum atomic E-state index is 5.93. The van der Waals surface area contributed by atoms with Crippen LogP contribution in [0.15, 0.2) is 24.3 Å². The smallest absolute Gasteiger partial charge is 0.119 e. The minimum atomic E-state index is 0.828. The molecule has 0 saturated carbocycles. The van der Waals surface area contributed by atoms with E-state index in [-0.39, 0.29) is 0 Å². The van der Waals surface area contributed by atoms with Crippen molar-refractivity contribution in [1.82, 2.24) is 0 Å². The van der Waals surface area contributed by atoms with Crippen LogP contribution in [0.25, 0.3) is 0 Å². The Bertz CT molecular complexity index is 553. The normalized spacial score (nSPS) is 11.2. The molecule has 0 N–H and O–H groups in total. The van der Waals surface area contributed by atoms with Gasteiger partial charge in [-0.25, -0.2) is 0 Å². The first-order valence-electron chi connectivity index (χ1n) is 16.7. The van der Waals surface area contributed by atoms with E-state index < -0.39 is 0 Å². The van der Waals surface area contributed by atoms with Crippen LogP contribution < -0.4 is 9.47 Å². The maximum Gasteiger partial charge on any atom is 0.119 e. The third kappa shape index (κ3) is 23.7. The van der Waals surface area contributed by atoms with Crippen LogP contribution in [-0.2, 0) is 0 Å². The first-order valence-corrected chi connectivity index (χ1v) is 16.7. The Morgan fingerprint density at radius 2 is 0.541 bits per heavy atom. The molecule has 0 unspecified atom stereocenters. The lowest BCUT2D eigenvalue weighted by atomic mass is 10.0. The zero-order valence-electron chi connectivity index (χ0n) is 25.2. The zero-order valence-corrected chi connectivity index (χ0v) is 25.2. The molecule has 37 heavy (non-hydrogen) atoms. The summed E-state index contributed by atoms with van der Waals surface area (Å²) in [5.41, 5.74) is 0. The van der Waals surface area contributed by atoms with Gasteiger partial charge < -0.3 is 9.47 Å². The van der Waals surface area contributed by atoms with Crippen LogP contribution in [0.1, 0.15) is 174 Å². The van der Waals surface area contributed by atoms with Gasteiger partial charge in [0, 0.05) is 0 Å². The van der Waals surface area contributed by atoms with E-state index in [1.807, 2.05) is 0 Å². The Morgan fingerprint density at radius 3 is 0.784 bits per heavy atom. The van der Waals surface area contributed by atoms with Crippen molar-refractivity contribution in [3.63, 3.8) is 0 Å². The summed E-state index contributed by atoms with van der Waals surface area (Å²) < 4.78 is 11.8. The molecule has 0 spiro atoms. The highest BCUT2D eigenvalue weighted by atomic mass is 16.5. The number of hydrogen-bond donors (Lipinski definition) is 0. The largest absolute Gasteiger partial charge is 0.494 e. The topological polar surface area (TPSA) is 18.5 Å². The second kappa shape index (κ2) is 27.8. The average Bonchev–Trinajstić information content (AvgIpc) is 2.92. The first kappa shape index (κ1) is 33.8. The van der Waals surface area contributed by atoms with Gasteiger partial charge >= 0.3 is 0 Å². The Balaban J connectivity index is 1.82. The van der Waals surface area contributed by atoms with E-state index >= 15 is 0 Å². The molecule has 0 saturated heterocycles. The molecule has 0 amide bonds. The van der Waals surface area contributed by atoms with Crippen LogP contribution in [-0.4, -0.2) is 13.2 Å². The molecule has 0 radical (unpaired) electrons. The number of unbranched alkanes of at least 4 members (excludes halogenated alkanes) is 23. The quantitative estimate of drug-likeness (QED) is 0.0985. The minimum Gasteiger partial charge on any atom is -0.494 e. The lowest BCUT2D eigenvalue weighted by Gasteiger charge is -2.09. The van der Waals surface area contributed by atoms with Crippen LogP contribution >= 0.6 is 0 Å². The third-order valence-electron chi connectivity index (χ3n) is 7.61. The lowest BCUT2D eigenvalue weighted by Crippen LogP contribution is -1.99. The fourth-order valence-corrected chi connectivity index (χ4v) is 5.08. The van der Waals surface area contributed by atoms with E-state index in [1.54, 1.807) is 0 Å². The van der Waals surface area contributed by atoms with Gasteiger partial charge in [0.05, 0.1) is 13.2 Å². The summed E-state index contributed by atoms with van der Waals surface area (Å²) in [5, 5.41) is 0. The summed E-state index contributed by atoms with van der Waals surface area (Å²) in [5.74, 6) is 1.93. The molecular formula is C35H64O2. The molecule has 0 bridgehead atoms. The molecule has 2 nitrogen and oxygen atoms in total. The van der Waals surface area contributed by atoms with Crippen molar-refractivity contribution in [3.05, 3.63) is 24.3 Å². The van der Waals surface area contributed by atoms with Crippen molar-refractivity contribution in [1.29, 1.82) is 0 Å². The summed E-state index contributed by atoms with van der Waals surface area (Å²) in [6, 6.07) is 8.21. The number of hydrogen-bond acceptors (Lipinski definition) is 2. The van der Waals surface area contributed by atoms with Crippen LogP contribution in [0.5, 0.6) is 11.5 Å². The van der Waals surface area contributed by atoms with Crippen molar-refractivity contribution >= 4 is 0 Å². The molecule has 0 fully saturated rings. The van der Waals surface area contributed by atoms with E-state index in [2.05, 4.69) is 38.1 Å². The molecule has 1 aromatic carbocycles. The molecule has 1 rings (SSSR count). The van der Waals surface area contributed by atoms with Crippen LogP contribution in [0.3, 0.4) is 0 Å². The van der Waals surface area contributed by atoms with Gasteiger partial charge in [0.25, 0.3) is 0 Å². The number of ether oxygens (including phenoxy) is 2. The molecule has 0 heterocycles. The Hall–Kier alpha value is -1.18. The van der Waals surface area contributed by atoms with Gasteiger partial charge in [-0.05, 0) is 37.1 Å². The Labute approximate surface area is 232 Å². The highest BCUT2D eigenvalue weighted by Gasteiger charge is 1.99. The number of rotatable bonds is 29.